The van der Waals surface area contributed by atoms with E-state index < -0.39 is 217 Å². The fraction of sp³-hybridized carbons (Fsp3) is 0.754. The number of ether oxygens (including phenoxy) is 3. The van der Waals surface area contributed by atoms with Crippen LogP contribution in [0, 0.1) is 23.2 Å². The van der Waals surface area contributed by atoms with E-state index in [2.05, 4.69) is 60.5 Å². The fourth-order valence-corrected chi connectivity index (χ4v) is 16.8. The maximum absolute atomic E-state index is 13.6. The average Bonchev–Trinajstić information content (AvgIpc) is 1.58. The van der Waals surface area contributed by atoms with Crippen LogP contribution in [0.1, 0.15) is 174 Å². The zero-order chi connectivity index (χ0) is 80.7. The van der Waals surface area contributed by atoms with E-state index in [1.165, 1.54) is 17.1 Å². The summed E-state index contributed by atoms with van der Waals surface area (Å²) in [5.74, 6) is -7.08. The Kier molecular flexibility index (Phi) is 29.1. The molecule has 4 aliphatic heterocycles. The van der Waals surface area contributed by atoms with Crippen molar-refractivity contribution in [3.8, 4) is 0 Å². The number of carboxylic acids is 1. The molecule has 6 saturated carbocycles. The molecular weight excluding hydrogens is 1510 g/mol. The van der Waals surface area contributed by atoms with Crippen LogP contribution in [0.4, 0.5) is 14.4 Å². The molecule has 618 valence electrons. The number of carbonyl (C=O) groups excluding carboxylic acids is 10. The Hall–Kier alpha value is -7.27. The van der Waals surface area contributed by atoms with Crippen molar-refractivity contribution in [2.45, 2.75) is 278 Å². The van der Waals surface area contributed by atoms with Crippen molar-refractivity contribution < 1.29 is 118 Å². The third-order valence-electron chi connectivity index (χ3n) is 19.2. The molecular formula is C69H112ClN11O25S3. The first-order valence-corrected chi connectivity index (χ1v) is 40.2. The van der Waals surface area contributed by atoms with E-state index >= 15 is 0 Å². The van der Waals surface area contributed by atoms with Crippen LogP contribution in [0.5, 0.6) is 0 Å². The van der Waals surface area contributed by atoms with Gasteiger partial charge in [-0.05, 0) is 132 Å². The van der Waals surface area contributed by atoms with Gasteiger partial charge in [0, 0.05) is 50.1 Å². The molecule has 0 bridgehead atoms. The van der Waals surface area contributed by atoms with Gasteiger partial charge in [0.15, 0.2) is 0 Å². The quantitative estimate of drug-likeness (QED) is 0.0548. The molecule has 6 unspecified atom stereocenters. The summed E-state index contributed by atoms with van der Waals surface area (Å²) in [6.45, 7) is 31.5. The number of aliphatic carboxylic acids is 1. The van der Waals surface area contributed by atoms with Gasteiger partial charge >= 0.3 is 24.2 Å². The average molecular weight is 1630 g/mol. The highest BCUT2D eigenvalue weighted by atomic mass is 35.5. The van der Waals surface area contributed by atoms with E-state index in [1.807, 2.05) is 0 Å². The van der Waals surface area contributed by atoms with Crippen molar-refractivity contribution >= 4 is 108 Å². The Bertz CT molecular complexity index is 3850. The number of β-amino-alcohol motifs (C(OH)–C–C–N with tert-alkyl or cyclic N) is 4. The van der Waals surface area contributed by atoms with Crippen LogP contribution < -0.4 is 40.8 Å². The summed E-state index contributed by atoms with van der Waals surface area (Å²) in [6.07, 6.45) is 2.87. The number of hydrogen-bond acceptors (Lipinski definition) is 25. The molecule has 10 fully saturated rings. The third-order valence-corrected chi connectivity index (χ3v) is 24.7. The van der Waals surface area contributed by atoms with Crippen LogP contribution in [0.15, 0.2) is 38.0 Å². The van der Waals surface area contributed by atoms with Crippen molar-refractivity contribution in [2.75, 3.05) is 26.2 Å². The maximum Gasteiger partial charge on any atom is 0.411 e. The Labute approximate surface area is 643 Å². The summed E-state index contributed by atoms with van der Waals surface area (Å²) in [5.41, 5.74) is -7.23. The number of carboxylic acid groups (broad SMARTS) is 1. The van der Waals surface area contributed by atoms with Crippen molar-refractivity contribution in [1.29, 1.82) is 0 Å². The van der Waals surface area contributed by atoms with E-state index in [0.29, 0.717) is 51.5 Å². The van der Waals surface area contributed by atoms with Gasteiger partial charge in [0.2, 0.25) is 53.7 Å². The Morgan fingerprint density at radius 1 is 0.477 bits per heavy atom. The fourth-order valence-electron chi connectivity index (χ4n) is 12.7. The molecule has 13 N–H and O–H groups in total. The van der Waals surface area contributed by atoms with E-state index in [0.717, 1.165) is 9.80 Å². The van der Waals surface area contributed by atoms with Crippen LogP contribution in [0.3, 0.4) is 0 Å². The molecule has 0 aromatic rings. The number of aliphatic hydroxyl groups excluding tert-OH is 4. The second-order valence-electron chi connectivity index (χ2n) is 33.2. The molecule has 15 atom stereocenters. The Balaban J connectivity index is 0.000000270. The van der Waals surface area contributed by atoms with E-state index in [9.17, 15) is 98.4 Å². The molecule has 4 heterocycles. The number of halogens is 1. The van der Waals surface area contributed by atoms with Gasteiger partial charge in [0.25, 0.3) is 17.7 Å². The molecule has 10 rings (SSSR count). The molecule has 40 heteroatoms. The number of nitrogens with zero attached hydrogens (tertiary/aromatic N) is 3. The lowest BCUT2D eigenvalue weighted by Gasteiger charge is -2.36. The first-order chi connectivity index (χ1) is 49.1. The van der Waals surface area contributed by atoms with Crippen molar-refractivity contribution in [3.63, 3.8) is 0 Å². The van der Waals surface area contributed by atoms with Crippen LogP contribution in [0.2, 0.25) is 0 Å². The van der Waals surface area contributed by atoms with Gasteiger partial charge in [0.05, 0.1) is 59.3 Å². The maximum atomic E-state index is 13.6. The number of nitrogens with one attached hydrogen (secondary N) is 8. The molecule has 10 amide bonds. The van der Waals surface area contributed by atoms with Crippen LogP contribution in [0.25, 0.3) is 0 Å². The van der Waals surface area contributed by atoms with Gasteiger partial charge in [-0.25, -0.2) is 44.4 Å². The second kappa shape index (κ2) is 34.4. The topological polar surface area (TPSA) is 525 Å². The third kappa shape index (κ3) is 23.9. The number of aliphatic hydroxyl groups is 4. The predicted octanol–water partition coefficient (Wildman–Crippen LogP) is 0.461. The van der Waals surface area contributed by atoms with Crippen LogP contribution in [-0.2, 0) is 82.6 Å². The standard InChI is InChI=1S/C25H40N4O8S.C19H29N3O7S.C14H21N3O5S.C10H17NO5.CH4.ClH/c1-8-14-12-25(14,21(33)28-38(35,36)16-9-10-16)27-19(31)17-11-15(30)13-29(17)20(32)18(23(2,3)4)26-22(34)37-24(5,6)7;1-5-11-9-19(11,16(25)21-30(27,28)13-6-7-13)20-15(24)14-8-12(23)10-22(14)17(26)29-18(2,3)4;1-2-8-6-14(8,13(20)17-23(21,22)10-3-4-10)16-12(19)11-5-9(18)7-15-11;1-10(2,3)16-9(15)11-5-6(12)4-7(11)8(13)14;;/h8,14-18,30H,1,9-13H2,2-7H3,(H,26,34)(H,27,31)(H,28,33);5,11-14,23H,1,6-10H2,2-4H3,(H,20,24)(H,21,25);2,8-11,15,18H,1,3-7H2,(H,16,19)(H,17,20);6-7,12H,4-5H2,1-3H3,(H,13,14);1H4;1H/t14?,15-,17+,18-,25?;11?,12-,14+,19?;8?,9-,11+,14?;6-,7+;;/m1111../s1. The number of likely N-dealkylation sites (tertiary alicyclic amines) is 3. The zero-order valence-corrected chi connectivity index (χ0v) is 66.2. The molecule has 6 aliphatic carbocycles. The SMILES string of the molecule is C.C=CC1CC1(NC(=O)[C@@H]1C[C@@H](O)CN1)C(=O)NS(=O)(=O)C1CC1.C=CC1CC1(NC(=O)[C@@H]1C[C@@H](O)CN1C(=O)OC(C)(C)C)C(=O)NS(=O)(=O)C1CC1.C=CC1CC1(NC(=O)[C@@H]1C[C@@H](O)CN1C(=O)[C@@H](NC(=O)OC(C)(C)C)C(C)(C)C)C(=O)NS(=O)(=O)C1CC1.CC(C)(C)OC(=O)N1C[C@H](O)C[C@H]1C(=O)O.Cl. The summed E-state index contributed by atoms with van der Waals surface area (Å²) in [7, 11) is -11.3. The number of alkyl carbamates (subject to hydrolysis) is 1. The zero-order valence-electron chi connectivity index (χ0n) is 62.9. The number of hydrogen-bond donors (Lipinski definition) is 13. The normalized spacial score (nSPS) is 29.8. The van der Waals surface area contributed by atoms with E-state index in [1.54, 1.807) is 89.2 Å². The van der Waals surface area contributed by atoms with Crippen LogP contribution >= 0.6 is 12.4 Å². The lowest BCUT2D eigenvalue weighted by Crippen LogP contribution is -2.60. The van der Waals surface area contributed by atoms with Gasteiger partial charge < -0.3 is 71.2 Å². The van der Waals surface area contributed by atoms with E-state index in [-0.39, 0.29) is 83.9 Å². The summed E-state index contributed by atoms with van der Waals surface area (Å²) in [5, 5.41) is 59.7. The minimum absolute atomic E-state index is 0. The number of amides is 10. The molecule has 0 radical (unpaired) electrons. The van der Waals surface area contributed by atoms with Gasteiger partial charge in [-0.1, -0.05) is 46.4 Å². The largest absolute Gasteiger partial charge is 0.480 e. The minimum Gasteiger partial charge on any atom is -0.480 e. The summed E-state index contributed by atoms with van der Waals surface area (Å²) in [4.78, 5) is 141. The van der Waals surface area contributed by atoms with Crippen molar-refractivity contribution in [1.82, 2.24) is 55.4 Å². The molecule has 0 aromatic heterocycles. The Morgan fingerprint density at radius 3 is 1.07 bits per heavy atom. The lowest BCUT2D eigenvalue weighted by molar-refractivity contribution is -0.143. The van der Waals surface area contributed by atoms with Crippen molar-refractivity contribution in [2.24, 2.45) is 23.2 Å². The molecule has 0 spiro atoms. The minimum atomic E-state index is -3.84. The number of sulfonamides is 3. The van der Waals surface area contributed by atoms with Gasteiger partial charge in [-0.15, -0.1) is 32.1 Å². The van der Waals surface area contributed by atoms with Gasteiger partial charge in [-0.2, -0.15) is 0 Å². The van der Waals surface area contributed by atoms with Gasteiger partial charge in [-0.3, -0.25) is 57.5 Å². The number of carbonyl (C=O) groups is 11. The highest BCUT2D eigenvalue weighted by molar-refractivity contribution is 7.91. The summed E-state index contributed by atoms with van der Waals surface area (Å²) >= 11 is 0. The summed E-state index contributed by atoms with van der Waals surface area (Å²) in [6, 6.07) is -4.84. The monoisotopic (exact) mass is 1630 g/mol. The molecule has 4 saturated heterocycles. The van der Waals surface area contributed by atoms with Gasteiger partial charge in [0.1, 0.15) is 57.6 Å². The highest BCUT2D eigenvalue weighted by Gasteiger charge is 2.65. The molecule has 36 nitrogen and oxygen atoms in total. The van der Waals surface area contributed by atoms with Crippen LogP contribution in [-0.4, -0.2) is 261 Å². The first-order valence-electron chi connectivity index (χ1n) is 35.6. The predicted molar refractivity (Wildman–Crippen MR) is 395 cm³/mol. The molecule has 0 aromatic carbocycles. The second-order valence-corrected chi connectivity index (χ2v) is 39.0. The Morgan fingerprint density at radius 2 is 0.789 bits per heavy atom. The first kappa shape index (κ1) is 92.3. The lowest BCUT2D eigenvalue weighted by atomic mass is 9.85. The smallest absolute Gasteiger partial charge is 0.411 e. The summed E-state index contributed by atoms with van der Waals surface area (Å²) < 4.78 is 94.8. The molecule has 109 heavy (non-hydrogen) atoms. The highest BCUT2D eigenvalue weighted by Crippen LogP contribution is 2.48. The van der Waals surface area contributed by atoms with E-state index in [4.69, 9.17) is 19.3 Å². The number of rotatable bonds is 21. The molecule has 10 aliphatic rings. The van der Waals surface area contributed by atoms with Crippen molar-refractivity contribution in [3.05, 3.63) is 38.0 Å².